The second-order valence-electron chi connectivity index (χ2n) is 7.01. The van der Waals surface area contributed by atoms with Gasteiger partial charge in [-0.1, -0.05) is 23.7 Å². The Bertz CT molecular complexity index is 1310. The van der Waals surface area contributed by atoms with Gasteiger partial charge in [-0.2, -0.15) is 5.10 Å². The molecule has 0 aliphatic rings. The van der Waals surface area contributed by atoms with Crippen molar-refractivity contribution in [2.45, 2.75) is 18.0 Å². The van der Waals surface area contributed by atoms with Gasteiger partial charge in [0.2, 0.25) is 5.91 Å². The van der Waals surface area contributed by atoms with Crippen molar-refractivity contribution in [2.24, 2.45) is 0 Å². The molecule has 0 bridgehead atoms. The molecule has 1 N–H and O–H groups in total. The highest BCUT2D eigenvalue weighted by atomic mass is 35.5. The standard InChI is InChI=1S/C22H19ClFN5O2S/c23-16-3-1-2-15(10-16)12-28-14-26-21-19(22(28)31)11-27-29(21)9-8-25-20(30)13-32-18-6-4-17(24)5-7-18/h1-7,10-11,14H,8-9,12-13H2,(H,25,30). The molecule has 7 nitrogen and oxygen atoms in total. The van der Waals surface area contributed by atoms with Crippen molar-refractivity contribution in [1.29, 1.82) is 0 Å². The Morgan fingerprint density at radius 1 is 1.19 bits per heavy atom. The topological polar surface area (TPSA) is 81.8 Å². The normalized spacial score (nSPS) is 11.1. The number of nitrogens with one attached hydrogen (secondary N) is 1. The number of carbonyl (C=O) groups is 1. The van der Waals surface area contributed by atoms with Crippen LogP contribution in [0.3, 0.4) is 0 Å². The lowest BCUT2D eigenvalue weighted by Gasteiger charge is -2.08. The summed E-state index contributed by atoms with van der Waals surface area (Å²) in [5.41, 5.74) is 1.17. The van der Waals surface area contributed by atoms with Crippen LogP contribution in [0, 0.1) is 5.82 Å². The number of aromatic nitrogens is 4. The number of nitrogens with zero attached hydrogens (tertiary/aromatic N) is 4. The van der Waals surface area contributed by atoms with Crippen molar-refractivity contribution in [1.82, 2.24) is 24.6 Å². The minimum Gasteiger partial charge on any atom is -0.354 e. The molecule has 2 aromatic carbocycles. The molecule has 0 atom stereocenters. The van der Waals surface area contributed by atoms with E-state index in [1.165, 1.54) is 41.0 Å². The summed E-state index contributed by atoms with van der Waals surface area (Å²) in [7, 11) is 0. The molecule has 0 saturated heterocycles. The largest absolute Gasteiger partial charge is 0.354 e. The highest BCUT2D eigenvalue weighted by Gasteiger charge is 2.11. The second kappa shape index (κ2) is 9.97. The Labute approximate surface area is 192 Å². The maximum atomic E-state index is 12.9. The highest BCUT2D eigenvalue weighted by Crippen LogP contribution is 2.17. The van der Waals surface area contributed by atoms with Crippen molar-refractivity contribution >= 4 is 40.3 Å². The van der Waals surface area contributed by atoms with Gasteiger partial charge in [0.1, 0.15) is 17.5 Å². The smallest absolute Gasteiger partial charge is 0.264 e. The molecule has 1 amide bonds. The van der Waals surface area contributed by atoms with Crippen molar-refractivity contribution in [3.63, 3.8) is 0 Å². The quantitative estimate of drug-likeness (QED) is 0.398. The Morgan fingerprint density at radius 2 is 2.00 bits per heavy atom. The molecule has 164 valence electrons. The third kappa shape index (κ3) is 5.35. The van der Waals surface area contributed by atoms with Gasteiger partial charge in [-0.05, 0) is 42.0 Å². The zero-order valence-corrected chi connectivity index (χ0v) is 18.4. The van der Waals surface area contributed by atoms with Crippen LogP contribution in [-0.4, -0.2) is 37.5 Å². The minimum absolute atomic E-state index is 0.146. The molecule has 4 aromatic rings. The first kappa shape index (κ1) is 22.0. The molecule has 0 unspecified atom stereocenters. The van der Waals surface area contributed by atoms with Gasteiger partial charge in [-0.3, -0.25) is 14.2 Å². The summed E-state index contributed by atoms with van der Waals surface area (Å²) >= 11 is 7.34. The van der Waals surface area contributed by atoms with Crippen LogP contribution in [-0.2, 0) is 17.9 Å². The monoisotopic (exact) mass is 471 g/mol. The molecule has 10 heteroatoms. The van der Waals surface area contributed by atoms with E-state index in [1.54, 1.807) is 28.9 Å². The van der Waals surface area contributed by atoms with E-state index < -0.39 is 0 Å². The number of fused-ring (bicyclic) bond motifs is 1. The Balaban J connectivity index is 1.34. The Morgan fingerprint density at radius 3 is 2.78 bits per heavy atom. The summed E-state index contributed by atoms with van der Waals surface area (Å²) in [5.74, 6) is -0.236. The molecule has 0 radical (unpaired) electrons. The maximum absolute atomic E-state index is 12.9. The summed E-state index contributed by atoms with van der Waals surface area (Å²) in [6.45, 7) is 1.07. The van der Waals surface area contributed by atoms with E-state index in [1.807, 2.05) is 12.1 Å². The van der Waals surface area contributed by atoms with Gasteiger partial charge in [0.25, 0.3) is 5.56 Å². The lowest BCUT2D eigenvalue weighted by atomic mass is 10.2. The van der Waals surface area contributed by atoms with Gasteiger partial charge in [0, 0.05) is 16.5 Å². The van der Waals surface area contributed by atoms with Crippen LogP contribution in [0.15, 0.2) is 70.7 Å². The van der Waals surface area contributed by atoms with E-state index in [4.69, 9.17) is 11.6 Å². The number of rotatable bonds is 8. The fraction of sp³-hybridized carbons (Fsp3) is 0.182. The van der Waals surface area contributed by atoms with Crippen LogP contribution in [0.2, 0.25) is 5.02 Å². The summed E-state index contributed by atoms with van der Waals surface area (Å²) in [4.78, 5) is 30.1. The zero-order chi connectivity index (χ0) is 22.5. The average molecular weight is 472 g/mol. The lowest BCUT2D eigenvalue weighted by molar-refractivity contribution is -0.118. The number of hydrogen-bond acceptors (Lipinski definition) is 5. The molecule has 0 saturated carbocycles. The van der Waals surface area contributed by atoms with Crippen molar-refractivity contribution < 1.29 is 9.18 Å². The van der Waals surface area contributed by atoms with Gasteiger partial charge in [-0.15, -0.1) is 11.8 Å². The van der Waals surface area contributed by atoms with Gasteiger partial charge in [-0.25, -0.2) is 14.1 Å². The first-order valence-electron chi connectivity index (χ1n) is 9.80. The van der Waals surface area contributed by atoms with Gasteiger partial charge < -0.3 is 5.32 Å². The van der Waals surface area contributed by atoms with Crippen LogP contribution in [0.4, 0.5) is 4.39 Å². The maximum Gasteiger partial charge on any atom is 0.264 e. The van der Waals surface area contributed by atoms with E-state index in [-0.39, 0.29) is 23.0 Å². The van der Waals surface area contributed by atoms with Crippen molar-refractivity contribution in [3.8, 4) is 0 Å². The molecular formula is C22H19ClFN5O2S. The molecule has 2 aromatic heterocycles. The molecule has 32 heavy (non-hydrogen) atoms. The van der Waals surface area contributed by atoms with Crippen molar-refractivity contribution in [3.05, 3.63) is 87.8 Å². The number of halogens is 2. The molecule has 0 aliphatic heterocycles. The molecule has 0 fully saturated rings. The number of thioether (sulfide) groups is 1. The molecule has 2 heterocycles. The van der Waals surface area contributed by atoms with Crippen molar-refractivity contribution in [2.75, 3.05) is 12.3 Å². The third-order valence-electron chi connectivity index (χ3n) is 4.69. The Hall–Kier alpha value is -3.17. The van der Waals surface area contributed by atoms with E-state index in [2.05, 4.69) is 15.4 Å². The summed E-state index contributed by atoms with van der Waals surface area (Å²) < 4.78 is 16.0. The van der Waals surface area contributed by atoms with Gasteiger partial charge in [0.15, 0.2) is 5.65 Å². The number of benzene rings is 2. The number of carbonyl (C=O) groups excluding carboxylic acids is 1. The molecule has 4 rings (SSSR count). The predicted octanol–water partition coefficient (Wildman–Crippen LogP) is 3.34. The number of amides is 1. The fourth-order valence-corrected chi connectivity index (χ4v) is 4.08. The Kier molecular flexibility index (Phi) is 6.87. The summed E-state index contributed by atoms with van der Waals surface area (Å²) in [6.07, 6.45) is 2.98. The van der Waals surface area contributed by atoms with Gasteiger partial charge >= 0.3 is 0 Å². The van der Waals surface area contributed by atoms with Gasteiger partial charge in [0.05, 0.1) is 25.0 Å². The SMILES string of the molecule is O=C(CSc1ccc(F)cc1)NCCn1ncc2c(=O)n(Cc3cccc(Cl)c3)cnc21. The van der Waals surface area contributed by atoms with Crippen LogP contribution in [0.25, 0.3) is 11.0 Å². The van der Waals surface area contributed by atoms with E-state index in [0.29, 0.717) is 35.7 Å². The van der Waals surface area contributed by atoms with Crippen LogP contribution < -0.4 is 10.9 Å². The predicted molar refractivity (Wildman–Crippen MR) is 122 cm³/mol. The lowest BCUT2D eigenvalue weighted by Crippen LogP contribution is -2.29. The third-order valence-corrected chi connectivity index (χ3v) is 5.94. The first-order chi connectivity index (χ1) is 15.5. The fourth-order valence-electron chi connectivity index (χ4n) is 3.14. The van der Waals surface area contributed by atoms with Crippen LogP contribution in [0.5, 0.6) is 0 Å². The summed E-state index contributed by atoms with van der Waals surface area (Å²) in [5, 5.41) is 8.07. The van der Waals surface area contributed by atoms with E-state index in [0.717, 1.165) is 10.5 Å². The first-order valence-corrected chi connectivity index (χ1v) is 11.2. The highest BCUT2D eigenvalue weighted by molar-refractivity contribution is 8.00. The molecule has 0 aliphatic carbocycles. The number of hydrogen-bond donors (Lipinski definition) is 1. The zero-order valence-electron chi connectivity index (χ0n) is 16.9. The van der Waals surface area contributed by atoms with E-state index >= 15 is 0 Å². The minimum atomic E-state index is -0.310. The van der Waals surface area contributed by atoms with Crippen LogP contribution >= 0.6 is 23.4 Å². The average Bonchev–Trinajstić information content (AvgIpc) is 3.19. The summed E-state index contributed by atoms with van der Waals surface area (Å²) in [6, 6.07) is 13.3. The second-order valence-corrected chi connectivity index (χ2v) is 8.49. The molecular weight excluding hydrogens is 453 g/mol. The molecule has 0 spiro atoms. The van der Waals surface area contributed by atoms with Crippen LogP contribution in [0.1, 0.15) is 5.56 Å². The van der Waals surface area contributed by atoms with E-state index in [9.17, 15) is 14.0 Å².